The fourth-order valence-corrected chi connectivity index (χ4v) is 2.19. The summed E-state index contributed by atoms with van der Waals surface area (Å²) in [7, 11) is 0. The van der Waals surface area contributed by atoms with E-state index in [4.69, 9.17) is 0 Å². The third-order valence-electron chi connectivity index (χ3n) is 2.38. The highest BCUT2D eigenvalue weighted by Gasteiger charge is 1.98. The molecule has 0 unspecified atom stereocenters. The maximum Gasteiger partial charge on any atom is 0.0148 e. The number of benzene rings is 2. The van der Waals surface area contributed by atoms with Crippen LogP contribution in [0.4, 0.5) is 0 Å². The second-order valence-electron chi connectivity index (χ2n) is 3.49. The van der Waals surface area contributed by atoms with E-state index in [1.807, 2.05) is 12.1 Å². The van der Waals surface area contributed by atoms with E-state index < -0.39 is 0 Å². The first-order valence-corrected chi connectivity index (χ1v) is 6.49. The van der Waals surface area contributed by atoms with E-state index >= 15 is 0 Å². The zero-order valence-electron chi connectivity index (χ0n) is 9.26. The Bertz CT molecular complexity index is 457. The van der Waals surface area contributed by atoms with Crippen LogP contribution in [0, 0.1) is 0 Å². The molecule has 0 radical (unpaired) electrons. The third-order valence-corrected chi connectivity index (χ3v) is 3.17. The van der Waals surface area contributed by atoms with E-state index in [1.165, 1.54) is 16.0 Å². The minimum Gasteiger partial charge on any atom is -0.129 e. The highest BCUT2D eigenvalue weighted by molar-refractivity contribution is 8.07. The molecule has 0 amide bonds. The van der Waals surface area contributed by atoms with Gasteiger partial charge in [-0.15, -0.1) is 11.8 Å². The summed E-state index contributed by atoms with van der Waals surface area (Å²) in [6.07, 6.45) is 4.34. The van der Waals surface area contributed by atoms with Crippen molar-refractivity contribution in [1.82, 2.24) is 0 Å². The van der Waals surface area contributed by atoms with Crippen molar-refractivity contribution >= 4 is 22.7 Å². The van der Waals surface area contributed by atoms with E-state index in [-0.39, 0.29) is 0 Å². The van der Waals surface area contributed by atoms with Gasteiger partial charge in [-0.3, -0.25) is 0 Å². The summed E-state index contributed by atoms with van der Waals surface area (Å²) in [6.45, 7) is 0. The molecule has 0 saturated carbocycles. The third kappa shape index (κ3) is 2.77. The molecular formula is C15H14S. The van der Waals surface area contributed by atoms with Gasteiger partial charge in [0.1, 0.15) is 0 Å². The maximum absolute atomic E-state index is 2.22. The zero-order chi connectivity index (χ0) is 11.2. The Morgan fingerprint density at radius 3 is 2.00 bits per heavy atom. The van der Waals surface area contributed by atoms with Crippen LogP contribution in [0.2, 0.25) is 0 Å². The average Bonchev–Trinajstić information content (AvgIpc) is 2.38. The van der Waals surface area contributed by atoms with Crippen LogP contribution in [0.25, 0.3) is 11.0 Å². The van der Waals surface area contributed by atoms with Crippen molar-refractivity contribution in [3.8, 4) is 0 Å². The summed E-state index contributed by atoms with van der Waals surface area (Å²) in [5.41, 5.74) is 2.52. The SMILES string of the molecule is CS/C(=C\c1ccccc1)c1ccccc1. The molecule has 0 saturated heterocycles. The van der Waals surface area contributed by atoms with Crippen LogP contribution in [0.5, 0.6) is 0 Å². The molecule has 0 aliphatic rings. The summed E-state index contributed by atoms with van der Waals surface area (Å²) in [6, 6.07) is 20.9. The molecule has 1 heteroatoms. The van der Waals surface area contributed by atoms with Crippen LogP contribution in [-0.4, -0.2) is 6.26 Å². The van der Waals surface area contributed by atoms with E-state index in [0.717, 1.165) is 0 Å². The lowest BCUT2D eigenvalue weighted by atomic mass is 10.1. The van der Waals surface area contributed by atoms with Crippen molar-refractivity contribution in [3.63, 3.8) is 0 Å². The monoisotopic (exact) mass is 226 g/mol. The highest BCUT2D eigenvalue weighted by Crippen LogP contribution is 2.27. The van der Waals surface area contributed by atoms with E-state index in [2.05, 4.69) is 60.9 Å². The van der Waals surface area contributed by atoms with E-state index in [0.29, 0.717) is 0 Å². The second kappa shape index (κ2) is 5.57. The zero-order valence-corrected chi connectivity index (χ0v) is 10.1. The highest BCUT2D eigenvalue weighted by atomic mass is 32.2. The van der Waals surface area contributed by atoms with Crippen LogP contribution in [0.1, 0.15) is 11.1 Å². The van der Waals surface area contributed by atoms with Crippen LogP contribution < -0.4 is 0 Å². The summed E-state index contributed by atoms with van der Waals surface area (Å²) in [4.78, 5) is 1.30. The molecule has 2 aromatic carbocycles. The molecule has 0 nitrogen and oxygen atoms in total. The smallest absolute Gasteiger partial charge is 0.0148 e. The molecule has 2 rings (SSSR count). The van der Waals surface area contributed by atoms with Gasteiger partial charge in [0.15, 0.2) is 0 Å². The Balaban J connectivity index is 2.34. The largest absolute Gasteiger partial charge is 0.129 e. The number of thioether (sulfide) groups is 1. The van der Waals surface area contributed by atoms with Crippen LogP contribution >= 0.6 is 11.8 Å². The average molecular weight is 226 g/mol. The van der Waals surface area contributed by atoms with Gasteiger partial charge in [0.05, 0.1) is 0 Å². The first-order valence-electron chi connectivity index (χ1n) is 5.26. The summed E-state index contributed by atoms with van der Waals surface area (Å²) in [5, 5.41) is 0. The summed E-state index contributed by atoms with van der Waals surface area (Å²) < 4.78 is 0. The fraction of sp³-hybridized carbons (Fsp3) is 0.0667. The molecule has 0 bridgehead atoms. The predicted molar refractivity (Wildman–Crippen MR) is 74.3 cm³/mol. The van der Waals surface area contributed by atoms with Crippen molar-refractivity contribution in [2.75, 3.05) is 6.26 Å². The molecule has 0 spiro atoms. The molecule has 0 aliphatic heterocycles. The van der Waals surface area contributed by atoms with Crippen molar-refractivity contribution < 1.29 is 0 Å². The first kappa shape index (κ1) is 11.0. The number of hydrogen-bond donors (Lipinski definition) is 0. The molecule has 0 N–H and O–H groups in total. The first-order chi connectivity index (χ1) is 7.90. The normalized spacial score (nSPS) is 11.4. The Labute approximate surface area is 101 Å². The molecule has 0 atom stereocenters. The van der Waals surface area contributed by atoms with E-state index in [1.54, 1.807) is 11.8 Å². The van der Waals surface area contributed by atoms with Crippen molar-refractivity contribution in [2.45, 2.75) is 0 Å². The van der Waals surface area contributed by atoms with Gasteiger partial charge in [-0.2, -0.15) is 0 Å². The molecular weight excluding hydrogens is 212 g/mol. The van der Waals surface area contributed by atoms with Gasteiger partial charge in [0.2, 0.25) is 0 Å². The molecule has 80 valence electrons. The fourth-order valence-electron chi connectivity index (χ4n) is 1.56. The Hall–Kier alpha value is -1.47. The molecule has 0 aliphatic carbocycles. The summed E-state index contributed by atoms with van der Waals surface area (Å²) >= 11 is 1.78. The van der Waals surface area contributed by atoms with Crippen LogP contribution in [0.3, 0.4) is 0 Å². The van der Waals surface area contributed by atoms with Crippen molar-refractivity contribution in [2.24, 2.45) is 0 Å². The van der Waals surface area contributed by atoms with Gasteiger partial charge in [-0.25, -0.2) is 0 Å². The Morgan fingerprint density at radius 2 is 1.44 bits per heavy atom. The Morgan fingerprint density at radius 1 is 0.875 bits per heavy atom. The molecule has 0 aromatic heterocycles. The second-order valence-corrected chi connectivity index (χ2v) is 4.34. The van der Waals surface area contributed by atoms with Gasteiger partial charge in [-0.05, 0) is 23.5 Å². The van der Waals surface area contributed by atoms with Crippen molar-refractivity contribution in [1.29, 1.82) is 0 Å². The molecule has 2 aromatic rings. The number of rotatable bonds is 3. The maximum atomic E-state index is 2.22. The van der Waals surface area contributed by atoms with Gasteiger partial charge in [0, 0.05) is 4.91 Å². The van der Waals surface area contributed by atoms with Crippen LogP contribution in [0.15, 0.2) is 60.7 Å². The number of hydrogen-bond acceptors (Lipinski definition) is 1. The van der Waals surface area contributed by atoms with Crippen LogP contribution in [-0.2, 0) is 0 Å². The topological polar surface area (TPSA) is 0 Å². The lowest BCUT2D eigenvalue weighted by Gasteiger charge is -2.04. The quantitative estimate of drug-likeness (QED) is 0.692. The van der Waals surface area contributed by atoms with Gasteiger partial charge < -0.3 is 0 Å². The van der Waals surface area contributed by atoms with Gasteiger partial charge in [-0.1, -0.05) is 60.7 Å². The lowest BCUT2D eigenvalue weighted by Crippen LogP contribution is -1.79. The summed E-state index contributed by atoms with van der Waals surface area (Å²) in [5.74, 6) is 0. The predicted octanol–water partition coefficient (Wildman–Crippen LogP) is 4.55. The van der Waals surface area contributed by atoms with Gasteiger partial charge in [0.25, 0.3) is 0 Å². The molecule has 0 heterocycles. The standard InChI is InChI=1S/C15H14S/c1-16-15(14-10-6-3-7-11-14)12-13-8-4-2-5-9-13/h2-12H,1H3/b15-12-. The van der Waals surface area contributed by atoms with E-state index in [9.17, 15) is 0 Å². The lowest BCUT2D eigenvalue weighted by molar-refractivity contribution is 1.64. The minimum absolute atomic E-state index is 1.25. The van der Waals surface area contributed by atoms with Crippen molar-refractivity contribution in [3.05, 3.63) is 71.8 Å². The Kier molecular flexibility index (Phi) is 3.84. The van der Waals surface area contributed by atoms with Gasteiger partial charge >= 0.3 is 0 Å². The minimum atomic E-state index is 1.25. The molecule has 0 fully saturated rings. The molecule has 16 heavy (non-hydrogen) atoms.